The maximum absolute atomic E-state index is 13.2. The van der Waals surface area contributed by atoms with E-state index in [0.29, 0.717) is 5.56 Å². The lowest BCUT2D eigenvalue weighted by molar-refractivity contribution is -0.149. The summed E-state index contributed by atoms with van der Waals surface area (Å²) >= 11 is 0. The summed E-state index contributed by atoms with van der Waals surface area (Å²) < 4.78 is 0. The number of fused-ring (bicyclic) bond motifs is 2. The third kappa shape index (κ3) is 2.28. The average molecular weight is 359 g/mol. The number of imide groups is 1. The van der Waals surface area contributed by atoms with Gasteiger partial charge in [0.25, 0.3) is 11.8 Å². The fourth-order valence-corrected chi connectivity index (χ4v) is 3.85. The number of carbonyl (C=O) groups is 3. The predicted molar refractivity (Wildman–Crippen MR) is 100 cm³/mol. The minimum absolute atomic E-state index is 0.0668. The van der Waals surface area contributed by atoms with Crippen molar-refractivity contribution in [2.45, 2.75) is 18.9 Å². The molecule has 0 bridgehead atoms. The van der Waals surface area contributed by atoms with E-state index in [1.165, 1.54) is 0 Å². The lowest BCUT2D eigenvalue weighted by atomic mass is 9.85. The predicted octanol–water partition coefficient (Wildman–Crippen LogP) is 3.83. The molecule has 3 aromatic carbocycles. The Morgan fingerprint density at radius 2 is 1.37 bits per heavy atom. The molecule has 5 nitrogen and oxygen atoms in total. The van der Waals surface area contributed by atoms with Crippen LogP contribution in [0.4, 0.5) is 0 Å². The van der Waals surface area contributed by atoms with Gasteiger partial charge in [-0.2, -0.15) is 0 Å². The molecule has 134 valence electrons. The van der Waals surface area contributed by atoms with Gasteiger partial charge in [0.05, 0.1) is 11.1 Å². The normalized spacial score (nSPS) is 15.7. The summed E-state index contributed by atoms with van der Waals surface area (Å²) in [5.74, 6) is -2.38. The lowest BCUT2D eigenvalue weighted by Crippen LogP contribution is -2.54. The van der Waals surface area contributed by atoms with Gasteiger partial charge in [0, 0.05) is 0 Å². The van der Waals surface area contributed by atoms with Crippen molar-refractivity contribution in [3.8, 4) is 0 Å². The van der Waals surface area contributed by atoms with E-state index < -0.39 is 23.3 Å². The number of carboxylic acids is 1. The van der Waals surface area contributed by atoms with E-state index in [1.54, 1.807) is 49.4 Å². The van der Waals surface area contributed by atoms with Gasteiger partial charge in [-0.05, 0) is 34.9 Å². The van der Waals surface area contributed by atoms with Gasteiger partial charge in [-0.3, -0.25) is 14.5 Å². The standard InChI is InChI=1S/C22H17NO4/c1-2-22(21(26)27,16-10-4-3-5-11-16)23-19(24)17-12-14-8-6-7-9-15(14)13-18(17)20(23)25/h3-13H,2H2,1H3,(H,26,27). The zero-order chi connectivity index (χ0) is 19.2. The third-order valence-corrected chi connectivity index (χ3v) is 5.25. The number of carboxylic acid groups (broad SMARTS) is 1. The van der Waals surface area contributed by atoms with Crippen LogP contribution in [0, 0.1) is 0 Å². The number of hydrogen-bond donors (Lipinski definition) is 1. The topological polar surface area (TPSA) is 74.7 Å². The van der Waals surface area contributed by atoms with E-state index in [9.17, 15) is 19.5 Å². The SMILES string of the molecule is CCC(C(=O)O)(c1ccccc1)N1C(=O)c2cc3ccccc3cc2C1=O. The van der Waals surface area contributed by atoms with Gasteiger partial charge in [-0.1, -0.05) is 61.5 Å². The zero-order valence-corrected chi connectivity index (χ0v) is 14.7. The molecule has 1 atom stereocenters. The van der Waals surface area contributed by atoms with Crippen molar-refractivity contribution in [1.29, 1.82) is 0 Å². The van der Waals surface area contributed by atoms with Crippen LogP contribution in [0.5, 0.6) is 0 Å². The summed E-state index contributed by atoms with van der Waals surface area (Å²) in [5, 5.41) is 11.8. The first-order valence-corrected chi connectivity index (χ1v) is 8.71. The lowest BCUT2D eigenvalue weighted by Gasteiger charge is -2.36. The number of hydrogen-bond acceptors (Lipinski definition) is 3. The number of amides is 2. The van der Waals surface area contributed by atoms with Crippen LogP contribution in [0.2, 0.25) is 0 Å². The quantitative estimate of drug-likeness (QED) is 0.719. The van der Waals surface area contributed by atoms with E-state index in [0.717, 1.165) is 15.7 Å². The molecule has 0 saturated heterocycles. The van der Waals surface area contributed by atoms with Gasteiger partial charge in [0.2, 0.25) is 0 Å². The van der Waals surface area contributed by atoms with Gasteiger partial charge in [-0.25, -0.2) is 4.79 Å². The summed E-state index contributed by atoms with van der Waals surface area (Å²) in [4.78, 5) is 39.6. The Bertz CT molecular complexity index is 1040. The second-order valence-corrected chi connectivity index (χ2v) is 6.58. The van der Waals surface area contributed by atoms with Crippen molar-refractivity contribution in [3.05, 3.63) is 83.4 Å². The van der Waals surface area contributed by atoms with E-state index in [-0.39, 0.29) is 17.5 Å². The van der Waals surface area contributed by atoms with Crippen molar-refractivity contribution in [1.82, 2.24) is 4.90 Å². The molecular weight excluding hydrogens is 342 g/mol. The maximum atomic E-state index is 13.2. The Labute approximate surface area is 155 Å². The molecule has 0 aliphatic carbocycles. The second-order valence-electron chi connectivity index (χ2n) is 6.58. The molecule has 1 unspecified atom stereocenters. The highest BCUT2D eigenvalue weighted by atomic mass is 16.4. The minimum atomic E-state index is -1.75. The van der Waals surface area contributed by atoms with Crippen LogP contribution >= 0.6 is 0 Å². The van der Waals surface area contributed by atoms with E-state index in [2.05, 4.69) is 0 Å². The summed E-state index contributed by atoms with van der Waals surface area (Å²) in [5.41, 5.74) is -0.859. The molecule has 3 aromatic rings. The van der Waals surface area contributed by atoms with Gasteiger partial charge >= 0.3 is 5.97 Å². The maximum Gasteiger partial charge on any atom is 0.334 e. The summed E-state index contributed by atoms with van der Waals surface area (Å²) in [7, 11) is 0. The monoisotopic (exact) mass is 359 g/mol. The van der Waals surface area contributed by atoms with Crippen LogP contribution in [-0.2, 0) is 10.3 Å². The van der Waals surface area contributed by atoms with Crippen LogP contribution < -0.4 is 0 Å². The molecule has 0 radical (unpaired) electrons. The highest BCUT2D eigenvalue weighted by Gasteiger charge is 2.54. The molecule has 27 heavy (non-hydrogen) atoms. The van der Waals surface area contributed by atoms with Crippen LogP contribution in [-0.4, -0.2) is 27.8 Å². The number of carbonyl (C=O) groups excluding carboxylic acids is 2. The number of benzene rings is 3. The Kier molecular flexibility index (Phi) is 3.81. The highest BCUT2D eigenvalue weighted by Crippen LogP contribution is 2.40. The smallest absolute Gasteiger partial charge is 0.334 e. The highest BCUT2D eigenvalue weighted by molar-refractivity contribution is 6.24. The molecule has 0 saturated carbocycles. The van der Waals surface area contributed by atoms with Crippen molar-refractivity contribution in [2.75, 3.05) is 0 Å². The first-order valence-electron chi connectivity index (χ1n) is 8.71. The average Bonchev–Trinajstić information content (AvgIpc) is 2.93. The molecule has 0 spiro atoms. The van der Waals surface area contributed by atoms with Crippen LogP contribution in [0.3, 0.4) is 0 Å². The Balaban J connectivity index is 1.94. The molecule has 5 heteroatoms. The van der Waals surface area contributed by atoms with Gasteiger partial charge in [0.15, 0.2) is 5.54 Å². The molecule has 1 N–H and O–H groups in total. The van der Waals surface area contributed by atoms with E-state index in [4.69, 9.17) is 0 Å². The fraction of sp³-hybridized carbons (Fsp3) is 0.136. The molecule has 1 aliphatic heterocycles. The van der Waals surface area contributed by atoms with Gasteiger partial charge in [0.1, 0.15) is 0 Å². The first-order chi connectivity index (χ1) is 13.0. The summed E-state index contributed by atoms with van der Waals surface area (Å²) in [6.07, 6.45) is 0.0668. The van der Waals surface area contributed by atoms with Crippen molar-refractivity contribution in [2.24, 2.45) is 0 Å². The Morgan fingerprint density at radius 3 is 1.81 bits per heavy atom. The zero-order valence-electron chi connectivity index (χ0n) is 14.7. The van der Waals surface area contributed by atoms with Crippen molar-refractivity contribution >= 4 is 28.6 Å². The Hall–Kier alpha value is -3.47. The minimum Gasteiger partial charge on any atom is -0.479 e. The van der Waals surface area contributed by atoms with E-state index >= 15 is 0 Å². The van der Waals surface area contributed by atoms with Gasteiger partial charge in [-0.15, -0.1) is 0 Å². The Morgan fingerprint density at radius 1 is 0.889 bits per heavy atom. The molecular formula is C22H17NO4. The first kappa shape index (κ1) is 17.0. The third-order valence-electron chi connectivity index (χ3n) is 5.25. The molecule has 1 heterocycles. The van der Waals surface area contributed by atoms with Crippen molar-refractivity contribution < 1.29 is 19.5 Å². The molecule has 4 rings (SSSR count). The molecule has 0 aromatic heterocycles. The molecule has 2 amide bonds. The second kappa shape index (κ2) is 6.06. The summed E-state index contributed by atoms with van der Waals surface area (Å²) in [6.45, 7) is 1.67. The number of aliphatic carboxylic acids is 1. The van der Waals surface area contributed by atoms with E-state index in [1.807, 2.05) is 24.3 Å². The van der Waals surface area contributed by atoms with Crippen molar-refractivity contribution in [3.63, 3.8) is 0 Å². The summed E-state index contributed by atoms with van der Waals surface area (Å²) in [6, 6.07) is 19.2. The van der Waals surface area contributed by atoms with Gasteiger partial charge < -0.3 is 5.11 Å². The van der Waals surface area contributed by atoms with Crippen LogP contribution in [0.15, 0.2) is 66.7 Å². The van der Waals surface area contributed by atoms with Crippen LogP contribution in [0.25, 0.3) is 10.8 Å². The molecule has 1 aliphatic rings. The van der Waals surface area contributed by atoms with Crippen LogP contribution in [0.1, 0.15) is 39.6 Å². The fourth-order valence-electron chi connectivity index (χ4n) is 3.85. The number of rotatable bonds is 4. The molecule has 0 fully saturated rings. The number of nitrogens with zero attached hydrogens (tertiary/aromatic N) is 1. The largest absolute Gasteiger partial charge is 0.479 e.